The second-order valence-corrected chi connectivity index (χ2v) is 8.31. The molecular formula is C24H23F3O3. The Balaban J connectivity index is 1.81. The summed E-state index contributed by atoms with van der Waals surface area (Å²) in [6.07, 6.45) is -1.13. The topological polar surface area (TPSA) is 46.5 Å². The maximum absolute atomic E-state index is 13.6. The van der Waals surface area contributed by atoms with Crippen molar-refractivity contribution in [2.24, 2.45) is 5.92 Å². The van der Waals surface area contributed by atoms with Crippen molar-refractivity contribution in [2.45, 2.75) is 42.9 Å². The summed E-state index contributed by atoms with van der Waals surface area (Å²) >= 11 is 0. The van der Waals surface area contributed by atoms with Crippen molar-refractivity contribution in [3.8, 4) is 0 Å². The molecule has 3 unspecified atom stereocenters. The average Bonchev–Trinajstić information content (AvgIpc) is 2.73. The molecule has 2 aromatic rings. The van der Waals surface area contributed by atoms with E-state index in [9.17, 15) is 23.1 Å². The molecule has 2 aromatic carbocycles. The van der Waals surface area contributed by atoms with Crippen molar-refractivity contribution in [3.63, 3.8) is 0 Å². The van der Waals surface area contributed by atoms with Gasteiger partial charge in [-0.15, -0.1) is 0 Å². The highest BCUT2D eigenvalue weighted by Gasteiger charge is 2.60. The lowest BCUT2D eigenvalue weighted by Crippen LogP contribution is -2.55. The summed E-state index contributed by atoms with van der Waals surface area (Å²) in [4.78, 5) is 11.9. The maximum atomic E-state index is 13.6. The quantitative estimate of drug-likeness (QED) is 0.711. The zero-order valence-electron chi connectivity index (χ0n) is 16.6. The van der Waals surface area contributed by atoms with Gasteiger partial charge in [-0.2, -0.15) is 13.2 Å². The van der Waals surface area contributed by atoms with Crippen molar-refractivity contribution < 1.29 is 27.8 Å². The molecule has 1 saturated carbocycles. The summed E-state index contributed by atoms with van der Waals surface area (Å²) in [6, 6.07) is 14.9. The number of alkyl halides is 3. The Morgan fingerprint density at radius 2 is 1.90 bits per heavy atom. The van der Waals surface area contributed by atoms with Gasteiger partial charge in [-0.3, -0.25) is 0 Å². The second kappa shape index (κ2) is 7.27. The number of methoxy groups -OCH3 is 1. The number of hydrogen-bond donors (Lipinski definition) is 1. The Morgan fingerprint density at radius 1 is 1.17 bits per heavy atom. The molecule has 4 rings (SSSR count). The summed E-state index contributed by atoms with van der Waals surface area (Å²) in [5, 5.41) is 10.4. The van der Waals surface area contributed by atoms with E-state index in [0.717, 1.165) is 16.7 Å². The van der Waals surface area contributed by atoms with E-state index in [-0.39, 0.29) is 19.3 Å². The van der Waals surface area contributed by atoms with E-state index in [0.29, 0.717) is 12.0 Å². The van der Waals surface area contributed by atoms with Crippen LogP contribution in [0.2, 0.25) is 0 Å². The fourth-order valence-corrected chi connectivity index (χ4v) is 5.01. The van der Waals surface area contributed by atoms with Gasteiger partial charge in [0.05, 0.1) is 12.7 Å². The number of aliphatic hydroxyl groups is 1. The molecule has 30 heavy (non-hydrogen) atoms. The van der Waals surface area contributed by atoms with Gasteiger partial charge in [-0.25, -0.2) is 4.79 Å². The minimum Gasteiger partial charge on any atom is -0.465 e. The molecule has 0 aliphatic heterocycles. The summed E-state index contributed by atoms with van der Waals surface area (Å²) in [5.41, 5.74) is -0.128. The predicted octanol–water partition coefficient (Wildman–Crippen LogP) is 5.07. The molecule has 0 aromatic heterocycles. The SMILES string of the molecule is COC(=O)c1ccc2c(c1)C=CC1CC(O)(C(F)(F)F)CCC21Cc1ccccc1. The number of esters is 1. The Labute approximate surface area is 173 Å². The Morgan fingerprint density at radius 3 is 2.57 bits per heavy atom. The molecule has 0 saturated heterocycles. The average molecular weight is 416 g/mol. The van der Waals surface area contributed by atoms with Crippen LogP contribution in [0, 0.1) is 5.92 Å². The lowest BCUT2D eigenvalue weighted by Gasteiger charge is -2.51. The van der Waals surface area contributed by atoms with Crippen LogP contribution in [-0.2, 0) is 16.6 Å². The fourth-order valence-electron chi connectivity index (χ4n) is 5.01. The number of rotatable bonds is 3. The normalized spacial score (nSPS) is 27.8. The zero-order valence-corrected chi connectivity index (χ0v) is 16.6. The van der Waals surface area contributed by atoms with Gasteiger partial charge >= 0.3 is 12.1 Å². The van der Waals surface area contributed by atoms with Gasteiger partial charge < -0.3 is 9.84 Å². The third kappa shape index (κ3) is 3.33. The van der Waals surface area contributed by atoms with Gasteiger partial charge in [0.25, 0.3) is 0 Å². The van der Waals surface area contributed by atoms with Crippen molar-refractivity contribution in [1.29, 1.82) is 0 Å². The fraction of sp³-hybridized carbons (Fsp3) is 0.375. The van der Waals surface area contributed by atoms with Crippen LogP contribution in [0.4, 0.5) is 13.2 Å². The smallest absolute Gasteiger partial charge is 0.417 e. The molecule has 158 valence electrons. The van der Waals surface area contributed by atoms with E-state index in [2.05, 4.69) is 0 Å². The van der Waals surface area contributed by atoms with E-state index in [4.69, 9.17) is 4.74 Å². The maximum Gasteiger partial charge on any atom is 0.417 e. The second-order valence-electron chi connectivity index (χ2n) is 8.31. The predicted molar refractivity (Wildman–Crippen MR) is 107 cm³/mol. The molecule has 0 spiro atoms. The molecule has 1 N–H and O–H groups in total. The van der Waals surface area contributed by atoms with Crippen LogP contribution in [0.15, 0.2) is 54.6 Å². The third-order valence-corrected chi connectivity index (χ3v) is 6.66. The number of halogens is 3. The molecule has 6 heteroatoms. The molecule has 0 heterocycles. The van der Waals surface area contributed by atoms with Crippen LogP contribution in [0.25, 0.3) is 6.08 Å². The van der Waals surface area contributed by atoms with E-state index < -0.39 is 29.1 Å². The minimum atomic E-state index is -4.67. The standard InChI is InChI=1S/C24H23F3O3/c1-30-21(28)18-8-10-20-17(13-18)7-9-19-15-23(29,24(25,26)27)12-11-22(19,20)14-16-5-3-2-4-6-16/h2-10,13,19,29H,11-12,14-15H2,1H3. The van der Waals surface area contributed by atoms with Crippen molar-refractivity contribution in [1.82, 2.24) is 0 Å². The molecular weight excluding hydrogens is 393 g/mol. The highest BCUT2D eigenvalue weighted by molar-refractivity contribution is 5.90. The third-order valence-electron chi connectivity index (χ3n) is 6.66. The van der Waals surface area contributed by atoms with Crippen LogP contribution in [-0.4, -0.2) is 30.0 Å². The number of benzene rings is 2. The van der Waals surface area contributed by atoms with E-state index >= 15 is 0 Å². The van der Waals surface area contributed by atoms with Gasteiger partial charge in [0.15, 0.2) is 5.60 Å². The van der Waals surface area contributed by atoms with Gasteiger partial charge in [0.1, 0.15) is 0 Å². The van der Waals surface area contributed by atoms with Crippen LogP contribution < -0.4 is 0 Å². The Bertz CT molecular complexity index is 983. The number of hydrogen-bond acceptors (Lipinski definition) is 3. The first-order valence-electron chi connectivity index (χ1n) is 9.93. The number of fused-ring (bicyclic) bond motifs is 3. The van der Waals surface area contributed by atoms with Gasteiger partial charge in [0.2, 0.25) is 0 Å². The molecule has 2 aliphatic rings. The highest BCUT2D eigenvalue weighted by Crippen LogP contribution is 2.56. The number of carbonyl (C=O) groups is 1. The van der Waals surface area contributed by atoms with Gasteiger partial charge in [-0.05, 0) is 60.4 Å². The van der Waals surface area contributed by atoms with Crippen molar-refractivity contribution >= 4 is 12.0 Å². The molecule has 1 fully saturated rings. The first-order chi connectivity index (χ1) is 14.2. The van der Waals surface area contributed by atoms with Crippen LogP contribution in [0.1, 0.15) is 46.3 Å². The molecule has 0 bridgehead atoms. The molecule has 0 amide bonds. The molecule has 3 nitrogen and oxygen atoms in total. The van der Waals surface area contributed by atoms with Crippen LogP contribution in [0.5, 0.6) is 0 Å². The lowest BCUT2D eigenvalue weighted by atomic mass is 9.54. The van der Waals surface area contributed by atoms with E-state index in [1.165, 1.54) is 7.11 Å². The van der Waals surface area contributed by atoms with Crippen molar-refractivity contribution in [2.75, 3.05) is 7.11 Å². The monoisotopic (exact) mass is 416 g/mol. The zero-order chi connectivity index (χ0) is 21.6. The summed E-state index contributed by atoms with van der Waals surface area (Å²) in [6.45, 7) is 0. The number of allylic oxidation sites excluding steroid dienone is 1. The van der Waals surface area contributed by atoms with Gasteiger partial charge in [-0.1, -0.05) is 48.6 Å². The number of ether oxygens (including phenoxy) is 1. The van der Waals surface area contributed by atoms with E-state index in [1.54, 1.807) is 24.3 Å². The molecule has 0 radical (unpaired) electrons. The van der Waals surface area contributed by atoms with Crippen molar-refractivity contribution in [3.05, 3.63) is 76.9 Å². The summed E-state index contributed by atoms with van der Waals surface area (Å²) < 4.78 is 45.6. The number of carbonyl (C=O) groups excluding carboxylic acids is 1. The lowest BCUT2D eigenvalue weighted by molar-refractivity contribution is -0.277. The van der Waals surface area contributed by atoms with E-state index in [1.807, 2.05) is 36.4 Å². The first kappa shape index (κ1) is 20.7. The Kier molecular flexibility index (Phi) is 5.01. The highest BCUT2D eigenvalue weighted by atomic mass is 19.4. The first-order valence-corrected chi connectivity index (χ1v) is 9.93. The minimum absolute atomic E-state index is 0.192. The van der Waals surface area contributed by atoms with Gasteiger partial charge in [0, 0.05) is 5.41 Å². The van der Waals surface area contributed by atoms with Crippen LogP contribution in [0.3, 0.4) is 0 Å². The Hall–Kier alpha value is -2.60. The molecule has 3 atom stereocenters. The summed E-state index contributed by atoms with van der Waals surface area (Å²) in [5.74, 6) is -0.935. The van der Waals surface area contributed by atoms with Crippen LogP contribution >= 0.6 is 0 Å². The largest absolute Gasteiger partial charge is 0.465 e. The molecule has 2 aliphatic carbocycles. The summed E-state index contributed by atoms with van der Waals surface area (Å²) in [7, 11) is 1.31.